The van der Waals surface area contributed by atoms with Gasteiger partial charge in [-0.25, -0.2) is 9.59 Å². The van der Waals surface area contributed by atoms with Crippen LogP contribution in [0, 0.1) is 12.8 Å². The Morgan fingerprint density at radius 2 is 1.77 bits per heavy atom. The van der Waals surface area contributed by atoms with E-state index in [4.69, 9.17) is 18.9 Å². The van der Waals surface area contributed by atoms with Crippen LogP contribution in [0.4, 0.5) is 5.69 Å². The number of methoxy groups -OCH3 is 1. The first kappa shape index (κ1) is 24.3. The van der Waals surface area contributed by atoms with Gasteiger partial charge in [0.15, 0.2) is 5.78 Å². The van der Waals surface area contributed by atoms with Gasteiger partial charge < -0.3 is 29.0 Å². The molecule has 4 rings (SSSR count). The highest BCUT2D eigenvalue weighted by molar-refractivity contribution is 6.08. The van der Waals surface area contributed by atoms with E-state index in [2.05, 4.69) is 0 Å². The summed E-state index contributed by atoms with van der Waals surface area (Å²) in [6.07, 6.45) is 1.08. The molecule has 2 aromatic carbocycles. The van der Waals surface area contributed by atoms with Crippen molar-refractivity contribution in [2.75, 3.05) is 25.2 Å². The Hall–Kier alpha value is -3.85. The molecule has 3 unspecified atom stereocenters. The molecule has 0 fully saturated rings. The maximum absolute atomic E-state index is 13.5. The van der Waals surface area contributed by atoms with Gasteiger partial charge in [-0.2, -0.15) is 0 Å². The second kappa shape index (κ2) is 9.42. The van der Waals surface area contributed by atoms with Gasteiger partial charge in [0.1, 0.15) is 23.1 Å². The molecule has 0 saturated carbocycles. The van der Waals surface area contributed by atoms with Crippen LogP contribution in [0.5, 0.6) is 11.5 Å². The molecule has 2 heterocycles. The lowest BCUT2D eigenvalue weighted by molar-refractivity contribution is -0.222. The third-order valence-corrected chi connectivity index (χ3v) is 6.03. The van der Waals surface area contributed by atoms with E-state index >= 15 is 0 Å². The van der Waals surface area contributed by atoms with Gasteiger partial charge in [-0.1, -0.05) is 17.7 Å². The highest BCUT2D eigenvalue weighted by atomic mass is 16.7. The number of esters is 2. The first-order valence-electron chi connectivity index (χ1n) is 11.3. The first-order valence-corrected chi connectivity index (χ1v) is 11.3. The van der Waals surface area contributed by atoms with Gasteiger partial charge in [0, 0.05) is 17.3 Å². The average molecular weight is 482 g/mol. The minimum atomic E-state index is -2.63. The fourth-order valence-corrected chi connectivity index (χ4v) is 4.45. The zero-order valence-corrected chi connectivity index (χ0v) is 19.9. The SMILES string of the molecule is CCOC(=O)C1=CC(=O)C2C(c3cc(OC)ccc3OC2(O)C(=O)OCC)N1c1ccc(C)cc1. The van der Waals surface area contributed by atoms with E-state index in [1.165, 1.54) is 13.2 Å². The summed E-state index contributed by atoms with van der Waals surface area (Å²) in [6, 6.07) is 11.1. The van der Waals surface area contributed by atoms with E-state index in [1.807, 2.05) is 19.1 Å². The standard InChI is InChI=1S/C26H27NO8/c1-5-33-24(29)19-14-20(28)22-23(27(19)16-9-7-15(3)8-10-16)18-13-17(32-4)11-12-21(18)35-26(22,31)25(30)34-6-2/h7-14,22-23,31H,5-6H2,1-4H3. The maximum Gasteiger partial charge on any atom is 0.380 e. The lowest BCUT2D eigenvalue weighted by Crippen LogP contribution is -2.62. The molecule has 184 valence electrons. The molecule has 0 aromatic heterocycles. The molecule has 9 heteroatoms. The number of ether oxygens (including phenoxy) is 4. The third kappa shape index (κ3) is 4.12. The van der Waals surface area contributed by atoms with Gasteiger partial charge in [-0.3, -0.25) is 4.79 Å². The molecule has 2 aliphatic rings. The number of benzene rings is 2. The van der Waals surface area contributed by atoms with Crippen molar-refractivity contribution in [3.63, 3.8) is 0 Å². The highest BCUT2D eigenvalue weighted by Crippen LogP contribution is 2.52. The molecule has 0 aliphatic carbocycles. The van der Waals surface area contributed by atoms with Crippen molar-refractivity contribution in [3.05, 3.63) is 65.4 Å². The smallest absolute Gasteiger partial charge is 0.380 e. The number of fused-ring (bicyclic) bond motifs is 3. The molecule has 9 nitrogen and oxygen atoms in total. The van der Waals surface area contributed by atoms with Gasteiger partial charge in [-0.15, -0.1) is 0 Å². The molecule has 0 spiro atoms. The summed E-state index contributed by atoms with van der Waals surface area (Å²) in [7, 11) is 1.49. The van der Waals surface area contributed by atoms with Crippen LogP contribution in [0.3, 0.4) is 0 Å². The van der Waals surface area contributed by atoms with Crippen LogP contribution < -0.4 is 14.4 Å². The number of carbonyl (C=O) groups excluding carboxylic acids is 3. The second-order valence-corrected chi connectivity index (χ2v) is 8.20. The predicted molar refractivity (Wildman–Crippen MR) is 125 cm³/mol. The maximum atomic E-state index is 13.5. The van der Waals surface area contributed by atoms with Gasteiger partial charge in [-0.05, 0) is 51.1 Å². The van der Waals surface area contributed by atoms with Crippen molar-refractivity contribution in [3.8, 4) is 11.5 Å². The van der Waals surface area contributed by atoms with Gasteiger partial charge >= 0.3 is 17.7 Å². The number of ketones is 1. The molecule has 1 N–H and O–H groups in total. The monoisotopic (exact) mass is 481 g/mol. The number of anilines is 1. The molecular formula is C26H27NO8. The van der Waals surface area contributed by atoms with E-state index < -0.39 is 35.5 Å². The number of aryl methyl sites for hydroxylation is 1. The predicted octanol–water partition coefficient (Wildman–Crippen LogP) is 2.84. The second-order valence-electron chi connectivity index (χ2n) is 8.20. The van der Waals surface area contributed by atoms with Crippen molar-refractivity contribution in [1.82, 2.24) is 0 Å². The van der Waals surface area contributed by atoms with Crippen LogP contribution in [0.1, 0.15) is 31.0 Å². The van der Waals surface area contributed by atoms with E-state index in [0.717, 1.165) is 11.6 Å². The van der Waals surface area contributed by atoms with Gasteiger partial charge in [0.2, 0.25) is 0 Å². The van der Waals surface area contributed by atoms with E-state index in [9.17, 15) is 19.5 Å². The Kier molecular flexibility index (Phi) is 6.53. The van der Waals surface area contributed by atoms with E-state index in [1.54, 1.807) is 43.0 Å². The van der Waals surface area contributed by atoms with E-state index in [0.29, 0.717) is 17.0 Å². The Morgan fingerprint density at radius 1 is 1.09 bits per heavy atom. The molecule has 2 aliphatic heterocycles. The van der Waals surface area contributed by atoms with Gasteiger partial charge in [0.05, 0.1) is 26.4 Å². The van der Waals surface area contributed by atoms with Gasteiger partial charge in [0.25, 0.3) is 0 Å². The van der Waals surface area contributed by atoms with Crippen LogP contribution in [0.2, 0.25) is 0 Å². The number of hydrogen-bond donors (Lipinski definition) is 1. The van der Waals surface area contributed by atoms with Crippen LogP contribution in [0.15, 0.2) is 54.2 Å². The highest BCUT2D eigenvalue weighted by Gasteiger charge is 2.62. The zero-order valence-electron chi connectivity index (χ0n) is 19.9. The van der Waals surface area contributed by atoms with E-state index in [-0.39, 0.29) is 24.7 Å². The Morgan fingerprint density at radius 3 is 2.40 bits per heavy atom. The van der Waals surface area contributed by atoms with Crippen molar-refractivity contribution >= 4 is 23.4 Å². The van der Waals surface area contributed by atoms with Crippen molar-refractivity contribution in [2.45, 2.75) is 32.6 Å². The van der Waals surface area contributed by atoms with Crippen molar-refractivity contribution in [1.29, 1.82) is 0 Å². The fourth-order valence-electron chi connectivity index (χ4n) is 4.45. The first-order chi connectivity index (χ1) is 16.7. The third-order valence-electron chi connectivity index (χ3n) is 6.03. The molecule has 3 atom stereocenters. The summed E-state index contributed by atoms with van der Waals surface area (Å²) < 4.78 is 21.5. The normalized spacial score (nSPS) is 22.8. The molecular weight excluding hydrogens is 454 g/mol. The number of rotatable bonds is 6. The molecule has 2 aromatic rings. The van der Waals surface area contributed by atoms with Crippen LogP contribution >= 0.6 is 0 Å². The zero-order chi connectivity index (χ0) is 25.3. The average Bonchev–Trinajstić information content (AvgIpc) is 2.84. The number of nitrogens with zero attached hydrogens (tertiary/aromatic N) is 1. The Labute approximate surface area is 202 Å². The molecule has 0 amide bonds. The number of carbonyl (C=O) groups is 3. The molecule has 0 bridgehead atoms. The minimum absolute atomic E-state index is 0.0242. The Balaban J connectivity index is 2.01. The number of hydrogen-bond acceptors (Lipinski definition) is 9. The largest absolute Gasteiger partial charge is 0.497 e. The summed E-state index contributed by atoms with van der Waals surface area (Å²) in [4.78, 5) is 41.0. The summed E-state index contributed by atoms with van der Waals surface area (Å²) in [5.41, 5.74) is 1.97. The summed E-state index contributed by atoms with van der Waals surface area (Å²) in [5, 5.41) is 11.5. The Bertz CT molecular complexity index is 1190. The minimum Gasteiger partial charge on any atom is -0.497 e. The molecule has 35 heavy (non-hydrogen) atoms. The lowest BCUT2D eigenvalue weighted by Gasteiger charge is -2.49. The summed E-state index contributed by atoms with van der Waals surface area (Å²) in [6.45, 7) is 5.23. The summed E-state index contributed by atoms with van der Waals surface area (Å²) in [5.74, 6) is -5.93. The molecule has 0 saturated heterocycles. The number of allylic oxidation sites excluding steroid dienone is 1. The topological polar surface area (TPSA) is 112 Å². The van der Waals surface area contributed by atoms with Crippen molar-refractivity contribution < 1.29 is 38.4 Å². The van der Waals surface area contributed by atoms with Crippen molar-refractivity contribution in [2.24, 2.45) is 5.92 Å². The number of aliphatic hydroxyl groups is 1. The molecule has 0 radical (unpaired) electrons. The fraction of sp³-hybridized carbons (Fsp3) is 0.346. The van der Waals surface area contributed by atoms with Crippen LogP contribution in [-0.4, -0.2) is 48.9 Å². The van der Waals surface area contributed by atoms with Crippen LogP contribution in [-0.2, 0) is 23.9 Å². The van der Waals surface area contributed by atoms with Crippen LogP contribution in [0.25, 0.3) is 0 Å². The summed E-state index contributed by atoms with van der Waals surface area (Å²) >= 11 is 0. The lowest BCUT2D eigenvalue weighted by atomic mass is 9.76. The quantitative estimate of drug-likeness (QED) is 0.623.